The fraction of sp³-hybridized carbons (Fsp3) is 0.333. The Morgan fingerprint density at radius 2 is 2.44 bits per heavy atom. The molecule has 0 aliphatic rings. The number of aromatic nitrogens is 2. The molecule has 2 N–H and O–H groups in total. The van der Waals surface area contributed by atoms with Crippen LogP contribution in [0.4, 0.5) is 0 Å². The second-order valence-corrected chi connectivity index (χ2v) is 5.38. The summed E-state index contributed by atoms with van der Waals surface area (Å²) in [5.74, 6) is -0.243. The highest BCUT2D eigenvalue weighted by Crippen LogP contribution is 2.17. The third kappa shape index (κ3) is 2.91. The van der Waals surface area contributed by atoms with Crippen LogP contribution in [0.25, 0.3) is 0 Å². The van der Waals surface area contributed by atoms with Crippen molar-refractivity contribution in [2.24, 2.45) is 0 Å². The van der Waals surface area contributed by atoms with E-state index in [1.54, 1.807) is 18.3 Å². The summed E-state index contributed by atoms with van der Waals surface area (Å²) in [6, 6.07) is 2.10. The predicted octanol–water partition coefficient (Wildman–Crippen LogP) is 2.79. The van der Waals surface area contributed by atoms with Crippen molar-refractivity contribution < 1.29 is 4.79 Å². The number of nitrogens with one attached hydrogen (secondary N) is 2. The Kier molecular flexibility index (Phi) is 4.04. The summed E-state index contributed by atoms with van der Waals surface area (Å²) < 4.78 is 0. The lowest BCUT2D eigenvalue weighted by molar-refractivity contribution is 0.0935. The lowest BCUT2D eigenvalue weighted by atomic mass is 10.1. The van der Waals surface area contributed by atoms with Crippen molar-refractivity contribution in [1.82, 2.24) is 15.5 Å². The average Bonchev–Trinajstić information content (AvgIpc) is 2.91. The highest BCUT2D eigenvalue weighted by Gasteiger charge is 2.17. The van der Waals surface area contributed by atoms with Crippen LogP contribution < -0.4 is 5.32 Å². The number of rotatable bonds is 4. The van der Waals surface area contributed by atoms with Gasteiger partial charge in [0.15, 0.2) is 5.69 Å². The Hall–Kier alpha value is -1.33. The number of hydrogen-bond acceptors (Lipinski definition) is 3. The largest absolute Gasteiger partial charge is 0.348 e. The number of amides is 1. The minimum atomic E-state index is -0.243. The van der Waals surface area contributed by atoms with Gasteiger partial charge in [0.25, 0.3) is 5.91 Å². The van der Waals surface area contributed by atoms with Crippen LogP contribution in [-0.4, -0.2) is 22.1 Å². The second kappa shape index (κ2) is 5.54. The van der Waals surface area contributed by atoms with Crippen LogP contribution in [0, 0.1) is 6.92 Å². The van der Waals surface area contributed by atoms with Crippen LogP contribution in [0.2, 0.25) is 5.02 Å². The van der Waals surface area contributed by atoms with E-state index >= 15 is 0 Å². The molecule has 1 atom stereocenters. The first-order chi connectivity index (χ1) is 8.58. The highest BCUT2D eigenvalue weighted by atomic mass is 35.5. The summed E-state index contributed by atoms with van der Waals surface area (Å²) >= 11 is 7.63. The van der Waals surface area contributed by atoms with Crippen molar-refractivity contribution in [2.75, 3.05) is 0 Å². The first-order valence-electron chi connectivity index (χ1n) is 5.60. The minimum absolute atomic E-state index is 0.0418. The zero-order chi connectivity index (χ0) is 13.1. The Labute approximate surface area is 114 Å². The monoisotopic (exact) mass is 283 g/mol. The van der Waals surface area contributed by atoms with E-state index in [-0.39, 0.29) is 17.6 Å². The van der Waals surface area contributed by atoms with E-state index in [2.05, 4.69) is 27.0 Å². The van der Waals surface area contributed by atoms with Crippen molar-refractivity contribution in [3.63, 3.8) is 0 Å². The molecule has 0 saturated heterocycles. The molecule has 0 radical (unpaired) electrons. The summed E-state index contributed by atoms with van der Waals surface area (Å²) in [7, 11) is 0. The summed E-state index contributed by atoms with van der Waals surface area (Å²) in [5, 5.41) is 14.0. The number of carbonyl (C=O) groups excluding carboxylic acids is 1. The topological polar surface area (TPSA) is 57.8 Å². The van der Waals surface area contributed by atoms with E-state index in [4.69, 9.17) is 11.6 Å². The third-order valence-electron chi connectivity index (χ3n) is 2.59. The molecule has 2 heterocycles. The van der Waals surface area contributed by atoms with Gasteiger partial charge in [-0.2, -0.15) is 16.4 Å². The predicted molar refractivity (Wildman–Crippen MR) is 73.3 cm³/mol. The van der Waals surface area contributed by atoms with Gasteiger partial charge in [-0.3, -0.25) is 9.89 Å². The quantitative estimate of drug-likeness (QED) is 0.906. The van der Waals surface area contributed by atoms with Crippen LogP contribution >= 0.6 is 22.9 Å². The molecule has 18 heavy (non-hydrogen) atoms. The molecule has 0 bridgehead atoms. The van der Waals surface area contributed by atoms with Crippen molar-refractivity contribution in [3.05, 3.63) is 38.8 Å². The van der Waals surface area contributed by atoms with Crippen molar-refractivity contribution in [3.8, 4) is 0 Å². The first-order valence-corrected chi connectivity index (χ1v) is 6.92. The molecule has 96 valence electrons. The number of aromatic amines is 1. The molecule has 6 heteroatoms. The van der Waals surface area contributed by atoms with Crippen molar-refractivity contribution >= 4 is 28.8 Å². The average molecular weight is 284 g/mol. The number of thiophene rings is 1. The van der Waals surface area contributed by atoms with Gasteiger partial charge in [0, 0.05) is 6.04 Å². The second-order valence-electron chi connectivity index (χ2n) is 4.22. The molecule has 0 aliphatic heterocycles. The van der Waals surface area contributed by atoms with E-state index in [0.29, 0.717) is 10.7 Å². The fourth-order valence-electron chi connectivity index (χ4n) is 1.67. The number of hydrogen-bond donors (Lipinski definition) is 2. The molecule has 4 nitrogen and oxygen atoms in total. The Balaban J connectivity index is 1.97. The highest BCUT2D eigenvalue weighted by molar-refractivity contribution is 7.07. The van der Waals surface area contributed by atoms with Gasteiger partial charge in [-0.1, -0.05) is 11.6 Å². The van der Waals surface area contributed by atoms with Gasteiger partial charge in [-0.05, 0) is 42.7 Å². The van der Waals surface area contributed by atoms with Gasteiger partial charge in [0.1, 0.15) is 0 Å². The van der Waals surface area contributed by atoms with Gasteiger partial charge in [-0.25, -0.2) is 0 Å². The standard InChI is InChI=1S/C12H14ClN3OS/c1-7(5-9-3-4-18-6-9)14-12(17)11-10(13)8(2)15-16-11/h3-4,6-7H,5H2,1-2H3,(H,14,17)(H,15,16)/t7-/m1/s1. The van der Waals surface area contributed by atoms with Crippen LogP contribution in [0.3, 0.4) is 0 Å². The molecular formula is C12H14ClN3OS. The van der Waals surface area contributed by atoms with Crippen LogP contribution in [0.1, 0.15) is 28.7 Å². The number of nitrogens with zero attached hydrogens (tertiary/aromatic N) is 1. The summed E-state index contributed by atoms with van der Waals surface area (Å²) in [5.41, 5.74) is 2.18. The molecule has 0 aliphatic carbocycles. The smallest absolute Gasteiger partial charge is 0.273 e. The van der Waals surface area contributed by atoms with Gasteiger partial charge < -0.3 is 5.32 Å². The van der Waals surface area contributed by atoms with E-state index in [9.17, 15) is 4.79 Å². The van der Waals surface area contributed by atoms with Crippen molar-refractivity contribution in [1.29, 1.82) is 0 Å². The maximum atomic E-state index is 11.9. The van der Waals surface area contributed by atoms with E-state index in [1.165, 1.54) is 5.56 Å². The maximum Gasteiger partial charge on any atom is 0.273 e. The summed E-state index contributed by atoms with van der Waals surface area (Å²) in [6.45, 7) is 3.74. The van der Waals surface area contributed by atoms with Gasteiger partial charge in [-0.15, -0.1) is 0 Å². The molecule has 0 saturated carbocycles. The van der Waals surface area contributed by atoms with Crippen LogP contribution in [0.5, 0.6) is 0 Å². The maximum absolute atomic E-state index is 11.9. The third-order valence-corrected chi connectivity index (χ3v) is 3.78. The zero-order valence-electron chi connectivity index (χ0n) is 10.2. The zero-order valence-corrected chi connectivity index (χ0v) is 11.7. The number of halogens is 1. The lowest BCUT2D eigenvalue weighted by Gasteiger charge is -2.12. The van der Waals surface area contributed by atoms with Gasteiger partial charge >= 0.3 is 0 Å². The number of aryl methyl sites for hydroxylation is 1. The van der Waals surface area contributed by atoms with E-state index < -0.39 is 0 Å². The van der Waals surface area contributed by atoms with Crippen molar-refractivity contribution in [2.45, 2.75) is 26.3 Å². The first kappa shape index (κ1) is 13.1. The van der Waals surface area contributed by atoms with Crippen LogP contribution in [0.15, 0.2) is 16.8 Å². The molecular weight excluding hydrogens is 270 g/mol. The normalized spacial score (nSPS) is 12.4. The molecule has 0 aromatic carbocycles. The minimum Gasteiger partial charge on any atom is -0.348 e. The lowest BCUT2D eigenvalue weighted by Crippen LogP contribution is -2.34. The van der Waals surface area contributed by atoms with E-state index in [0.717, 1.165) is 6.42 Å². The molecule has 2 rings (SSSR count). The molecule has 1 amide bonds. The summed E-state index contributed by atoms with van der Waals surface area (Å²) in [4.78, 5) is 11.9. The van der Waals surface area contributed by atoms with Gasteiger partial charge in [0.2, 0.25) is 0 Å². The summed E-state index contributed by atoms with van der Waals surface area (Å²) in [6.07, 6.45) is 0.802. The Bertz CT molecular complexity index is 536. The molecule has 0 fully saturated rings. The van der Waals surface area contributed by atoms with E-state index in [1.807, 2.05) is 12.3 Å². The number of carbonyl (C=O) groups is 1. The fourth-order valence-corrected chi connectivity index (χ4v) is 2.52. The van der Waals surface area contributed by atoms with Gasteiger partial charge in [0.05, 0.1) is 10.7 Å². The molecule has 0 unspecified atom stereocenters. The molecule has 2 aromatic rings. The van der Waals surface area contributed by atoms with Crippen LogP contribution in [-0.2, 0) is 6.42 Å². The Morgan fingerprint density at radius 3 is 3.00 bits per heavy atom. The number of H-pyrrole nitrogens is 1. The molecule has 0 spiro atoms. The Morgan fingerprint density at radius 1 is 1.67 bits per heavy atom. The molecule has 2 aromatic heterocycles. The SMILES string of the molecule is Cc1[nH]nc(C(=O)N[C@H](C)Cc2ccsc2)c1Cl.